The molecule has 0 spiro atoms. The number of nitrogens with zero attached hydrogens (tertiary/aromatic N) is 2. The van der Waals surface area contributed by atoms with Crippen LogP contribution in [0.25, 0.3) is 22.6 Å². The van der Waals surface area contributed by atoms with Crippen molar-refractivity contribution in [1.82, 2.24) is 4.98 Å². The molecule has 3 aromatic carbocycles. The van der Waals surface area contributed by atoms with E-state index in [1.165, 1.54) is 0 Å². The van der Waals surface area contributed by atoms with Gasteiger partial charge < -0.3 is 13.9 Å². The number of hydrogen-bond donors (Lipinski definition) is 0. The summed E-state index contributed by atoms with van der Waals surface area (Å²) >= 11 is 0. The van der Waals surface area contributed by atoms with Crippen molar-refractivity contribution in [2.45, 2.75) is 6.92 Å². The van der Waals surface area contributed by atoms with E-state index in [0.29, 0.717) is 5.89 Å². The molecule has 2 heterocycles. The van der Waals surface area contributed by atoms with Crippen molar-refractivity contribution in [3.63, 3.8) is 0 Å². The number of aliphatic imine (C=N–C) groups is 1. The standard InChI is InChI=1S/C22H16N2O3/c1-14-3-2-4-19-21(14)24-22(27-19)16-6-8-17(9-7-16)23-12-15-5-10-18-20(11-15)26-13-25-18/h2-12H,13H2,1H3. The second-order valence-corrected chi connectivity index (χ2v) is 6.36. The van der Waals surface area contributed by atoms with Crippen molar-refractivity contribution < 1.29 is 13.9 Å². The molecule has 5 rings (SSSR count). The molecule has 0 aliphatic carbocycles. The van der Waals surface area contributed by atoms with Crippen molar-refractivity contribution in [1.29, 1.82) is 0 Å². The Kier molecular flexibility index (Phi) is 3.64. The predicted molar refractivity (Wildman–Crippen MR) is 104 cm³/mol. The molecule has 0 saturated carbocycles. The average Bonchev–Trinajstić information content (AvgIpc) is 3.34. The molecule has 5 nitrogen and oxygen atoms in total. The van der Waals surface area contributed by atoms with Crippen LogP contribution in [0, 0.1) is 6.92 Å². The Morgan fingerprint density at radius 3 is 2.67 bits per heavy atom. The summed E-state index contributed by atoms with van der Waals surface area (Å²) in [5.41, 5.74) is 5.54. The van der Waals surface area contributed by atoms with E-state index < -0.39 is 0 Å². The second-order valence-electron chi connectivity index (χ2n) is 6.36. The lowest BCUT2D eigenvalue weighted by molar-refractivity contribution is 0.174. The van der Waals surface area contributed by atoms with Crippen LogP contribution >= 0.6 is 0 Å². The highest BCUT2D eigenvalue weighted by Crippen LogP contribution is 2.32. The lowest BCUT2D eigenvalue weighted by Gasteiger charge is -1.99. The zero-order chi connectivity index (χ0) is 18.2. The molecule has 4 aromatic rings. The summed E-state index contributed by atoms with van der Waals surface area (Å²) in [7, 11) is 0. The number of aryl methyl sites for hydroxylation is 1. The van der Waals surface area contributed by atoms with Gasteiger partial charge in [-0.2, -0.15) is 0 Å². The highest BCUT2D eigenvalue weighted by Gasteiger charge is 2.12. The zero-order valence-electron chi connectivity index (χ0n) is 14.7. The Hall–Kier alpha value is -3.60. The first-order valence-electron chi connectivity index (χ1n) is 8.66. The molecule has 0 atom stereocenters. The number of fused-ring (bicyclic) bond motifs is 2. The summed E-state index contributed by atoms with van der Waals surface area (Å²) in [5.74, 6) is 2.14. The first kappa shape index (κ1) is 15.6. The van der Waals surface area contributed by atoms with E-state index in [4.69, 9.17) is 13.9 Å². The van der Waals surface area contributed by atoms with Crippen LogP contribution < -0.4 is 9.47 Å². The van der Waals surface area contributed by atoms with E-state index in [1.54, 1.807) is 6.21 Å². The fourth-order valence-electron chi connectivity index (χ4n) is 3.04. The van der Waals surface area contributed by atoms with E-state index >= 15 is 0 Å². The van der Waals surface area contributed by atoms with Crippen LogP contribution in [0.4, 0.5) is 5.69 Å². The number of aromatic nitrogens is 1. The Morgan fingerprint density at radius 2 is 1.81 bits per heavy atom. The molecule has 1 aromatic heterocycles. The van der Waals surface area contributed by atoms with Crippen LogP contribution in [-0.2, 0) is 0 Å². The molecule has 27 heavy (non-hydrogen) atoms. The average molecular weight is 356 g/mol. The Labute approximate surface area is 155 Å². The minimum absolute atomic E-state index is 0.271. The van der Waals surface area contributed by atoms with E-state index in [0.717, 1.165) is 45.0 Å². The first-order valence-corrected chi connectivity index (χ1v) is 8.66. The third-order valence-corrected chi connectivity index (χ3v) is 4.49. The van der Waals surface area contributed by atoms with Gasteiger partial charge in [0.2, 0.25) is 12.7 Å². The molecule has 0 unspecified atom stereocenters. The fourth-order valence-corrected chi connectivity index (χ4v) is 3.04. The number of ether oxygens (including phenoxy) is 2. The highest BCUT2D eigenvalue weighted by molar-refractivity contribution is 5.83. The van der Waals surface area contributed by atoms with Crippen LogP contribution in [0.2, 0.25) is 0 Å². The number of hydrogen-bond acceptors (Lipinski definition) is 5. The number of oxazole rings is 1. The predicted octanol–water partition coefficient (Wildman–Crippen LogP) is 5.28. The largest absolute Gasteiger partial charge is 0.454 e. The maximum absolute atomic E-state index is 5.87. The lowest BCUT2D eigenvalue weighted by Crippen LogP contribution is -1.92. The van der Waals surface area contributed by atoms with Gasteiger partial charge in [0.15, 0.2) is 17.1 Å². The lowest BCUT2D eigenvalue weighted by atomic mass is 10.2. The van der Waals surface area contributed by atoms with Crippen molar-refractivity contribution in [3.05, 3.63) is 71.8 Å². The van der Waals surface area contributed by atoms with Crippen LogP contribution in [0.5, 0.6) is 11.5 Å². The molecular formula is C22H16N2O3. The van der Waals surface area contributed by atoms with Gasteiger partial charge in [0, 0.05) is 11.8 Å². The molecule has 5 heteroatoms. The summed E-state index contributed by atoms with van der Waals surface area (Å²) in [6.07, 6.45) is 1.81. The van der Waals surface area contributed by atoms with Crippen molar-refractivity contribution >= 4 is 23.0 Å². The van der Waals surface area contributed by atoms with Gasteiger partial charge >= 0.3 is 0 Å². The molecule has 132 valence electrons. The molecule has 0 saturated heterocycles. The first-order chi connectivity index (χ1) is 13.3. The topological polar surface area (TPSA) is 56.9 Å². The minimum atomic E-state index is 0.271. The number of rotatable bonds is 3. The van der Waals surface area contributed by atoms with Gasteiger partial charge in [0.05, 0.1) is 5.69 Å². The van der Waals surface area contributed by atoms with Gasteiger partial charge in [-0.1, -0.05) is 12.1 Å². The normalized spacial score (nSPS) is 12.9. The Balaban J connectivity index is 1.38. The molecule has 0 N–H and O–H groups in total. The maximum atomic E-state index is 5.87. The molecule has 0 amide bonds. The SMILES string of the molecule is Cc1cccc2oc(-c3ccc(N=Cc4ccc5c(c4)OCO5)cc3)nc12. The van der Waals surface area contributed by atoms with E-state index in [1.807, 2.05) is 67.6 Å². The second kappa shape index (κ2) is 6.29. The van der Waals surface area contributed by atoms with Crippen molar-refractivity contribution in [2.24, 2.45) is 4.99 Å². The van der Waals surface area contributed by atoms with Crippen molar-refractivity contribution in [3.8, 4) is 23.0 Å². The highest BCUT2D eigenvalue weighted by atomic mass is 16.7. The van der Waals surface area contributed by atoms with Gasteiger partial charge in [0.25, 0.3) is 0 Å². The van der Waals surface area contributed by atoms with Crippen LogP contribution in [-0.4, -0.2) is 18.0 Å². The summed E-state index contributed by atoms with van der Waals surface area (Å²) in [6.45, 7) is 2.30. The monoisotopic (exact) mass is 356 g/mol. The number of para-hydroxylation sites is 1. The number of benzene rings is 3. The summed E-state index contributed by atoms with van der Waals surface area (Å²) in [5, 5.41) is 0. The summed E-state index contributed by atoms with van der Waals surface area (Å²) < 4.78 is 16.6. The van der Waals surface area contributed by atoms with Crippen LogP contribution in [0.15, 0.2) is 70.1 Å². The van der Waals surface area contributed by atoms with Gasteiger partial charge in [-0.05, 0) is 66.6 Å². The molecule has 1 aliphatic heterocycles. The van der Waals surface area contributed by atoms with Gasteiger partial charge in [-0.3, -0.25) is 4.99 Å². The fraction of sp³-hybridized carbons (Fsp3) is 0.0909. The van der Waals surface area contributed by atoms with E-state index in [9.17, 15) is 0 Å². The van der Waals surface area contributed by atoms with Crippen LogP contribution in [0.1, 0.15) is 11.1 Å². The third-order valence-electron chi connectivity index (χ3n) is 4.49. The smallest absolute Gasteiger partial charge is 0.231 e. The van der Waals surface area contributed by atoms with E-state index in [2.05, 4.69) is 9.98 Å². The van der Waals surface area contributed by atoms with Gasteiger partial charge in [0.1, 0.15) is 5.52 Å². The van der Waals surface area contributed by atoms with Crippen molar-refractivity contribution in [2.75, 3.05) is 6.79 Å². The zero-order valence-corrected chi connectivity index (χ0v) is 14.7. The van der Waals surface area contributed by atoms with Crippen LogP contribution in [0.3, 0.4) is 0 Å². The maximum Gasteiger partial charge on any atom is 0.231 e. The Bertz CT molecular complexity index is 1160. The molecule has 1 aliphatic rings. The molecule has 0 bridgehead atoms. The van der Waals surface area contributed by atoms with Gasteiger partial charge in [-0.15, -0.1) is 0 Å². The van der Waals surface area contributed by atoms with E-state index in [-0.39, 0.29) is 6.79 Å². The quantitative estimate of drug-likeness (QED) is 0.469. The van der Waals surface area contributed by atoms with Gasteiger partial charge in [-0.25, -0.2) is 4.98 Å². The molecular weight excluding hydrogens is 340 g/mol. The molecule has 0 radical (unpaired) electrons. The summed E-state index contributed by atoms with van der Waals surface area (Å²) in [4.78, 5) is 9.13. The molecule has 0 fully saturated rings. The third kappa shape index (κ3) is 2.93. The minimum Gasteiger partial charge on any atom is -0.454 e. The summed E-state index contributed by atoms with van der Waals surface area (Å²) in [6, 6.07) is 19.5. The Morgan fingerprint density at radius 1 is 0.963 bits per heavy atom.